The fraction of sp³-hybridized carbons (Fsp3) is 0.600. The Hall–Kier alpha value is -1.40. The molecule has 2 rings (SSSR count). The minimum atomic E-state index is 0.707. The Morgan fingerprint density at radius 3 is 2.67 bits per heavy atom. The van der Waals surface area contributed by atoms with Crippen LogP contribution in [0.4, 0.5) is 11.8 Å². The fourth-order valence-electron chi connectivity index (χ4n) is 2.28. The van der Waals surface area contributed by atoms with Crippen LogP contribution in [0.5, 0.6) is 0 Å². The number of fused-ring (bicyclic) bond motifs is 1. The molecule has 0 atom stereocenters. The lowest BCUT2D eigenvalue weighted by atomic mass is 10.3. The largest absolute Gasteiger partial charge is 0.369 e. The monoisotopic (exact) mass is 307 g/mol. The van der Waals surface area contributed by atoms with Gasteiger partial charge in [-0.15, -0.1) is 11.3 Å². The smallest absolute Gasteiger partial charge is 0.226 e. The zero-order valence-electron chi connectivity index (χ0n) is 13.1. The van der Waals surface area contributed by atoms with Gasteiger partial charge in [-0.2, -0.15) is 4.98 Å². The molecule has 0 aromatic carbocycles. The molecule has 0 spiro atoms. The molecule has 0 aliphatic rings. The van der Waals surface area contributed by atoms with Gasteiger partial charge in [-0.3, -0.25) is 0 Å². The highest BCUT2D eigenvalue weighted by molar-refractivity contribution is 7.16. The van der Waals surface area contributed by atoms with Crippen molar-refractivity contribution in [1.82, 2.24) is 14.9 Å². The number of nitrogens with zero attached hydrogens (tertiary/aromatic N) is 3. The lowest BCUT2D eigenvalue weighted by Gasteiger charge is -2.18. The summed E-state index contributed by atoms with van der Waals surface area (Å²) in [6.07, 6.45) is 1.12. The predicted octanol–water partition coefficient (Wildman–Crippen LogP) is 3.27. The molecule has 2 heterocycles. The highest BCUT2D eigenvalue weighted by Gasteiger charge is 2.08. The summed E-state index contributed by atoms with van der Waals surface area (Å²) in [5, 5.41) is 9.84. The highest BCUT2D eigenvalue weighted by Crippen LogP contribution is 2.26. The zero-order chi connectivity index (χ0) is 15.1. The standard InChI is InChI=1S/C15H25N5S/c1-4-16-15-18-13(12-8-11-21-14(12)19-15)17-9-7-10-20(5-2)6-3/h8,11H,4-7,9-10H2,1-3H3,(H2,16,17,18,19). The van der Waals surface area contributed by atoms with Gasteiger partial charge in [0.1, 0.15) is 10.6 Å². The van der Waals surface area contributed by atoms with Crippen LogP contribution in [0.2, 0.25) is 0 Å². The number of rotatable bonds is 9. The van der Waals surface area contributed by atoms with Crippen LogP contribution in [0.15, 0.2) is 11.4 Å². The van der Waals surface area contributed by atoms with Gasteiger partial charge in [0.15, 0.2) is 0 Å². The van der Waals surface area contributed by atoms with E-state index < -0.39 is 0 Å². The molecule has 0 saturated heterocycles. The van der Waals surface area contributed by atoms with Gasteiger partial charge in [0.05, 0.1) is 5.39 Å². The van der Waals surface area contributed by atoms with Crippen LogP contribution in [0.3, 0.4) is 0 Å². The number of hydrogen-bond donors (Lipinski definition) is 2. The Bertz CT molecular complexity index is 550. The number of nitrogens with one attached hydrogen (secondary N) is 2. The van der Waals surface area contributed by atoms with Crippen LogP contribution in [0, 0.1) is 0 Å². The van der Waals surface area contributed by atoms with Gasteiger partial charge in [0.25, 0.3) is 0 Å². The summed E-state index contributed by atoms with van der Waals surface area (Å²) in [6, 6.07) is 2.09. The molecule has 0 fully saturated rings. The van der Waals surface area contributed by atoms with Crippen LogP contribution in [0.1, 0.15) is 27.2 Å². The summed E-state index contributed by atoms with van der Waals surface area (Å²) >= 11 is 1.65. The number of thiophene rings is 1. The molecular weight excluding hydrogens is 282 g/mol. The third-order valence-corrected chi connectivity index (χ3v) is 4.30. The summed E-state index contributed by atoms with van der Waals surface area (Å²) in [5.41, 5.74) is 0. The first-order valence-electron chi connectivity index (χ1n) is 7.73. The molecule has 0 aliphatic carbocycles. The molecule has 0 amide bonds. The minimum absolute atomic E-state index is 0.707. The molecule has 0 saturated carbocycles. The van der Waals surface area contributed by atoms with E-state index in [1.807, 2.05) is 0 Å². The second kappa shape index (κ2) is 8.14. The number of hydrogen-bond acceptors (Lipinski definition) is 6. The van der Waals surface area contributed by atoms with Crippen LogP contribution >= 0.6 is 11.3 Å². The summed E-state index contributed by atoms with van der Waals surface area (Å²) in [5.74, 6) is 1.65. The highest BCUT2D eigenvalue weighted by atomic mass is 32.1. The Kier molecular flexibility index (Phi) is 6.20. The third kappa shape index (κ3) is 4.28. The molecule has 6 heteroatoms. The maximum atomic E-state index is 4.58. The van der Waals surface area contributed by atoms with Crippen molar-refractivity contribution >= 4 is 33.3 Å². The normalized spacial score (nSPS) is 11.2. The van der Waals surface area contributed by atoms with Gasteiger partial charge in [0.2, 0.25) is 5.95 Å². The molecule has 2 aromatic heterocycles. The second-order valence-electron chi connectivity index (χ2n) is 4.87. The van der Waals surface area contributed by atoms with Crippen molar-refractivity contribution < 1.29 is 0 Å². The predicted molar refractivity (Wildman–Crippen MR) is 92.5 cm³/mol. The Morgan fingerprint density at radius 1 is 1.14 bits per heavy atom. The Morgan fingerprint density at radius 2 is 1.95 bits per heavy atom. The van der Waals surface area contributed by atoms with Crippen molar-refractivity contribution in [2.24, 2.45) is 0 Å². The van der Waals surface area contributed by atoms with Crippen molar-refractivity contribution in [2.75, 3.05) is 43.4 Å². The van der Waals surface area contributed by atoms with E-state index >= 15 is 0 Å². The van der Waals surface area contributed by atoms with Gasteiger partial charge in [-0.1, -0.05) is 13.8 Å². The van der Waals surface area contributed by atoms with Crippen LogP contribution in [0.25, 0.3) is 10.2 Å². The average molecular weight is 307 g/mol. The topological polar surface area (TPSA) is 53.1 Å². The molecule has 0 aliphatic heterocycles. The molecule has 21 heavy (non-hydrogen) atoms. The Balaban J connectivity index is 1.98. The van der Waals surface area contributed by atoms with Gasteiger partial charge in [0, 0.05) is 13.1 Å². The molecule has 0 radical (unpaired) electrons. The van der Waals surface area contributed by atoms with E-state index in [0.717, 1.165) is 55.2 Å². The minimum Gasteiger partial charge on any atom is -0.369 e. The van der Waals surface area contributed by atoms with Gasteiger partial charge in [-0.25, -0.2) is 4.98 Å². The van der Waals surface area contributed by atoms with Gasteiger partial charge in [-0.05, 0) is 44.4 Å². The maximum absolute atomic E-state index is 4.58. The summed E-state index contributed by atoms with van der Waals surface area (Å²) in [6.45, 7) is 11.6. The quantitative estimate of drug-likeness (QED) is 0.696. The molecule has 2 aromatic rings. The molecule has 0 unspecified atom stereocenters. The lowest BCUT2D eigenvalue weighted by molar-refractivity contribution is 0.303. The maximum Gasteiger partial charge on any atom is 0.226 e. The molecule has 5 nitrogen and oxygen atoms in total. The first-order chi connectivity index (χ1) is 10.3. The van der Waals surface area contributed by atoms with Crippen LogP contribution in [-0.2, 0) is 0 Å². The zero-order valence-corrected chi connectivity index (χ0v) is 14.0. The van der Waals surface area contributed by atoms with E-state index in [-0.39, 0.29) is 0 Å². The molecule has 116 valence electrons. The second-order valence-corrected chi connectivity index (χ2v) is 5.77. The summed E-state index contributed by atoms with van der Waals surface area (Å²) in [7, 11) is 0. The average Bonchev–Trinajstić information content (AvgIpc) is 2.96. The van der Waals surface area contributed by atoms with E-state index in [4.69, 9.17) is 0 Å². The first kappa shape index (κ1) is 16.0. The molecule has 2 N–H and O–H groups in total. The van der Waals surface area contributed by atoms with Crippen molar-refractivity contribution in [3.8, 4) is 0 Å². The molecular formula is C15H25N5S. The first-order valence-corrected chi connectivity index (χ1v) is 8.61. The number of anilines is 2. The summed E-state index contributed by atoms with van der Waals surface area (Å²) in [4.78, 5) is 12.6. The van der Waals surface area contributed by atoms with E-state index in [0.29, 0.717) is 5.95 Å². The van der Waals surface area contributed by atoms with Gasteiger partial charge < -0.3 is 15.5 Å². The Labute approximate surface area is 130 Å². The van der Waals surface area contributed by atoms with Crippen LogP contribution < -0.4 is 10.6 Å². The SMILES string of the molecule is CCNc1nc(NCCCN(CC)CC)c2ccsc2n1. The molecule has 0 bridgehead atoms. The summed E-state index contributed by atoms with van der Waals surface area (Å²) < 4.78 is 0. The lowest BCUT2D eigenvalue weighted by Crippen LogP contribution is -2.25. The van der Waals surface area contributed by atoms with Gasteiger partial charge >= 0.3 is 0 Å². The van der Waals surface area contributed by atoms with E-state index in [9.17, 15) is 0 Å². The number of aromatic nitrogens is 2. The van der Waals surface area contributed by atoms with Crippen LogP contribution in [-0.4, -0.2) is 47.6 Å². The van der Waals surface area contributed by atoms with Crippen molar-refractivity contribution in [1.29, 1.82) is 0 Å². The van der Waals surface area contributed by atoms with E-state index in [1.54, 1.807) is 11.3 Å². The van der Waals surface area contributed by atoms with Crippen molar-refractivity contribution in [3.05, 3.63) is 11.4 Å². The fourth-order valence-corrected chi connectivity index (χ4v) is 3.04. The van der Waals surface area contributed by atoms with Crippen molar-refractivity contribution in [2.45, 2.75) is 27.2 Å². The van der Waals surface area contributed by atoms with E-state index in [1.165, 1.54) is 0 Å². The van der Waals surface area contributed by atoms with E-state index in [2.05, 4.69) is 57.7 Å². The van der Waals surface area contributed by atoms with Crippen molar-refractivity contribution in [3.63, 3.8) is 0 Å². The third-order valence-electron chi connectivity index (χ3n) is 3.50.